The fourth-order valence-corrected chi connectivity index (χ4v) is 4.03. The van der Waals surface area contributed by atoms with E-state index in [4.69, 9.17) is 4.42 Å². The van der Waals surface area contributed by atoms with Gasteiger partial charge in [0.2, 0.25) is 11.8 Å². The molecule has 2 aromatic carbocycles. The van der Waals surface area contributed by atoms with E-state index in [-0.39, 0.29) is 17.4 Å². The lowest BCUT2D eigenvalue weighted by Crippen LogP contribution is -2.30. The third-order valence-electron chi connectivity index (χ3n) is 4.67. The molecule has 3 rings (SSSR count). The Morgan fingerprint density at radius 2 is 1.79 bits per heavy atom. The van der Waals surface area contributed by atoms with Gasteiger partial charge in [0.15, 0.2) is 0 Å². The summed E-state index contributed by atoms with van der Waals surface area (Å²) < 4.78 is 18.2. The summed E-state index contributed by atoms with van der Waals surface area (Å²) in [5.41, 5.74) is 3.93. The van der Waals surface area contributed by atoms with Crippen LogP contribution in [0.3, 0.4) is 0 Å². The lowest BCUT2D eigenvalue weighted by Gasteiger charge is -2.05. The number of hydrogen-bond acceptors (Lipinski definition) is 4. The van der Waals surface area contributed by atoms with Crippen LogP contribution in [-0.2, 0) is 34.2 Å². The van der Waals surface area contributed by atoms with Crippen molar-refractivity contribution in [2.24, 2.45) is 0 Å². The van der Waals surface area contributed by atoms with E-state index < -0.39 is 10.8 Å². The molecule has 1 heterocycles. The summed E-state index contributed by atoms with van der Waals surface area (Å²) >= 11 is 0. The zero-order valence-corrected chi connectivity index (χ0v) is 17.6. The Kier molecular flexibility index (Phi) is 7.36. The second-order valence-electron chi connectivity index (χ2n) is 6.89. The van der Waals surface area contributed by atoms with Gasteiger partial charge in [-0.25, -0.2) is 4.98 Å². The molecule has 5 nitrogen and oxygen atoms in total. The summed E-state index contributed by atoms with van der Waals surface area (Å²) in [4.78, 5) is 16.6. The predicted molar refractivity (Wildman–Crippen MR) is 116 cm³/mol. The van der Waals surface area contributed by atoms with Crippen molar-refractivity contribution >= 4 is 16.7 Å². The van der Waals surface area contributed by atoms with Crippen LogP contribution in [0, 0.1) is 6.92 Å². The maximum Gasteiger partial charge on any atom is 0.232 e. The van der Waals surface area contributed by atoms with Crippen LogP contribution < -0.4 is 5.32 Å². The molecule has 1 N–H and O–H groups in total. The Morgan fingerprint density at radius 3 is 2.48 bits per heavy atom. The van der Waals surface area contributed by atoms with Crippen LogP contribution in [0.4, 0.5) is 0 Å². The van der Waals surface area contributed by atoms with Crippen molar-refractivity contribution in [3.63, 3.8) is 0 Å². The Bertz CT molecular complexity index is 966. The third-order valence-corrected chi connectivity index (χ3v) is 5.85. The van der Waals surface area contributed by atoms with Crippen molar-refractivity contribution in [1.82, 2.24) is 10.3 Å². The molecule has 1 unspecified atom stereocenters. The molecule has 1 atom stereocenters. The standard InChI is InChI=1S/C23H26N2O3S/c1-3-18-9-11-20(12-10-18)23-25-21(17(2)28-23)15-29(27)16-22(26)24-14-13-19-7-5-4-6-8-19/h4-12H,3,13-16H2,1-2H3,(H,24,26). The summed E-state index contributed by atoms with van der Waals surface area (Å²) in [5, 5.41) is 2.83. The molecule has 0 spiro atoms. The van der Waals surface area contributed by atoms with E-state index in [2.05, 4.69) is 17.2 Å². The number of rotatable bonds is 9. The van der Waals surface area contributed by atoms with Crippen molar-refractivity contribution in [1.29, 1.82) is 0 Å². The summed E-state index contributed by atoms with van der Waals surface area (Å²) in [7, 11) is -1.34. The molecule has 1 aromatic heterocycles. The Labute approximate surface area is 174 Å². The Hall–Kier alpha value is -2.73. The highest BCUT2D eigenvalue weighted by molar-refractivity contribution is 7.84. The smallest absolute Gasteiger partial charge is 0.232 e. The number of hydrogen-bond donors (Lipinski definition) is 1. The minimum absolute atomic E-state index is 0.0401. The zero-order valence-electron chi connectivity index (χ0n) is 16.8. The van der Waals surface area contributed by atoms with Crippen LogP contribution in [0.5, 0.6) is 0 Å². The summed E-state index contributed by atoms with van der Waals surface area (Å²) in [6, 6.07) is 18.0. The molecule has 0 aliphatic rings. The lowest BCUT2D eigenvalue weighted by molar-refractivity contribution is -0.118. The highest BCUT2D eigenvalue weighted by atomic mass is 32.2. The topological polar surface area (TPSA) is 72.2 Å². The van der Waals surface area contributed by atoms with Crippen molar-refractivity contribution in [3.8, 4) is 11.5 Å². The first-order chi connectivity index (χ1) is 14.0. The fraction of sp³-hybridized carbons (Fsp3) is 0.304. The van der Waals surface area contributed by atoms with Crippen molar-refractivity contribution in [2.75, 3.05) is 12.3 Å². The predicted octanol–water partition coefficient (Wildman–Crippen LogP) is 3.82. The number of nitrogens with zero attached hydrogens (tertiary/aromatic N) is 1. The van der Waals surface area contributed by atoms with Gasteiger partial charge in [0.05, 0.1) is 11.4 Å². The van der Waals surface area contributed by atoms with E-state index in [1.807, 2.05) is 61.5 Å². The van der Waals surface area contributed by atoms with Gasteiger partial charge in [0.25, 0.3) is 0 Å². The molecule has 0 saturated heterocycles. The molecule has 152 valence electrons. The third kappa shape index (κ3) is 6.12. The van der Waals surface area contributed by atoms with Gasteiger partial charge in [0.1, 0.15) is 11.5 Å². The first kappa shape index (κ1) is 21.0. The number of amides is 1. The van der Waals surface area contributed by atoms with Crippen LogP contribution in [-0.4, -0.2) is 27.4 Å². The number of benzene rings is 2. The monoisotopic (exact) mass is 410 g/mol. The van der Waals surface area contributed by atoms with Crippen molar-refractivity contribution in [2.45, 2.75) is 32.4 Å². The van der Waals surface area contributed by atoms with Gasteiger partial charge >= 0.3 is 0 Å². The molecule has 29 heavy (non-hydrogen) atoms. The van der Waals surface area contributed by atoms with E-state index in [1.54, 1.807) is 0 Å². The van der Waals surface area contributed by atoms with E-state index >= 15 is 0 Å². The van der Waals surface area contributed by atoms with Gasteiger partial charge in [-0.2, -0.15) is 0 Å². The van der Waals surface area contributed by atoms with E-state index in [1.165, 1.54) is 5.56 Å². The van der Waals surface area contributed by atoms with Crippen LogP contribution in [0.1, 0.15) is 29.5 Å². The lowest BCUT2D eigenvalue weighted by atomic mass is 10.1. The molecule has 3 aromatic rings. The highest BCUT2D eigenvalue weighted by Crippen LogP contribution is 2.23. The van der Waals surface area contributed by atoms with Gasteiger partial charge < -0.3 is 9.73 Å². The molecule has 1 amide bonds. The maximum atomic E-state index is 12.4. The average molecular weight is 411 g/mol. The van der Waals surface area contributed by atoms with Gasteiger partial charge in [-0.15, -0.1) is 0 Å². The number of aromatic nitrogens is 1. The number of nitrogens with one attached hydrogen (secondary N) is 1. The molecular formula is C23H26N2O3S. The molecule has 0 radical (unpaired) electrons. The quantitative estimate of drug-likeness (QED) is 0.582. The summed E-state index contributed by atoms with van der Waals surface area (Å²) in [5.74, 6) is 1.11. The fourth-order valence-electron chi connectivity index (χ4n) is 2.96. The van der Waals surface area contributed by atoms with E-state index in [0.29, 0.717) is 23.9 Å². The summed E-state index contributed by atoms with van der Waals surface area (Å²) in [6.45, 7) is 4.44. The summed E-state index contributed by atoms with van der Waals surface area (Å²) in [6.07, 6.45) is 1.73. The van der Waals surface area contributed by atoms with Crippen LogP contribution in [0.25, 0.3) is 11.5 Å². The van der Waals surface area contributed by atoms with Gasteiger partial charge in [-0.3, -0.25) is 9.00 Å². The van der Waals surface area contributed by atoms with Gasteiger partial charge in [-0.1, -0.05) is 49.4 Å². The number of carbonyl (C=O) groups excluding carboxylic acids is 1. The second-order valence-corrected chi connectivity index (χ2v) is 8.34. The average Bonchev–Trinajstić information content (AvgIpc) is 3.09. The largest absolute Gasteiger partial charge is 0.441 e. The molecular weight excluding hydrogens is 384 g/mol. The Balaban J connectivity index is 1.50. The Morgan fingerprint density at radius 1 is 1.07 bits per heavy atom. The van der Waals surface area contributed by atoms with Crippen molar-refractivity contribution in [3.05, 3.63) is 77.2 Å². The number of oxazole rings is 1. The number of carbonyl (C=O) groups is 1. The molecule has 6 heteroatoms. The van der Waals surface area contributed by atoms with Gasteiger partial charge in [-0.05, 0) is 43.0 Å². The SMILES string of the molecule is CCc1ccc(-c2nc(CS(=O)CC(=O)NCCc3ccccc3)c(C)o2)cc1. The second kappa shape index (κ2) is 10.2. The molecule has 0 aliphatic heterocycles. The maximum absolute atomic E-state index is 12.4. The van der Waals surface area contributed by atoms with Crippen LogP contribution >= 0.6 is 0 Å². The highest BCUT2D eigenvalue weighted by Gasteiger charge is 2.16. The first-order valence-corrected chi connectivity index (χ1v) is 11.2. The molecule has 0 aliphatic carbocycles. The van der Waals surface area contributed by atoms with Crippen LogP contribution in [0.2, 0.25) is 0 Å². The minimum atomic E-state index is -1.34. The molecule has 0 saturated carbocycles. The van der Waals surface area contributed by atoms with Crippen LogP contribution in [0.15, 0.2) is 59.0 Å². The normalized spacial score (nSPS) is 11.9. The molecule has 0 bridgehead atoms. The van der Waals surface area contributed by atoms with Gasteiger partial charge in [0, 0.05) is 22.9 Å². The van der Waals surface area contributed by atoms with E-state index in [0.717, 1.165) is 24.0 Å². The zero-order chi connectivity index (χ0) is 20.6. The van der Waals surface area contributed by atoms with Crippen molar-refractivity contribution < 1.29 is 13.4 Å². The minimum Gasteiger partial charge on any atom is -0.441 e. The number of aryl methyl sites for hydroxylation is 2. The van der Waals surface area contributed by atoms with E-state index in [9.17, 15) is 9.00 Å². The molecule has 0 fully saturated rings. The first-order valence-electron chi connectivity index (χ1n) is 9.76.